The van der Waals surface area contributed by atoms with Gasteiger partial charge in [0, 0.05) is 34.7 Å². The summed E-state index contributed by atoms with van der Waals surface area (Å²) >= 11 is 5.23. The van der Waals surface area contributed by atoms with E-state index in [-0.39, 0.29) is 34.3 Å². The van der Waals surface area contributed by atoms with Crippen LogP contribution in [0.25, 0.3) is 16.3 Å². The highest BCUT2D eigenvalue weighted by atomic mass is 127. The topological polar surface area (TPSA) is 47.2 Å². The fraction of sp³-hybridized carbons (Fsp3) is 0.259. The lowest BCUT2D eigenvalue weighted by Crippen LogP contribution is -2.32. The first-order valence-electron chi connectivity index (χ1n) is 11.7. The van der Waals surface area contributed by atoms with Crippen molar-refractivity contribution in [3.63, 3.8) is 0 Å². The number of hydrogen-bond acceptors (Lipinski definition) is 5. The van der Waals surface area contributed by atoms with Crippen LogP contribution in [0.4, 0.5) is 14.5 Å². The summed E-state index contributed by atoms with van der Waals surface area (Å²) in [5.41, 5.74) is 1.75. The van der Waals surface area contributed by atoms with E-state index in [1.807, 2.05) is 4.90 Å². The van der Waals surface area contributed by atoms with Crippen molar-refractivity contribution in [1.82, 2.24) is 0 Å². The zero-order valence-corrected chi connectivity index (χ0v) is 23.3. The molecule has 36 heavy (non-hydrogen) atoms. The number of alkyl halides is 1. The van der Waals surface area contributed by atoms with Crippen LogP contribution < -0.4 is 14.6 Å². The molecule has 0 spiro atoms. The summed E-state index contributed by atoms with van der Waals surface area (Å²) in [7, 11) is 1.79. The highest BCUT2D eigenvalue weighted by Crippen LogP contribution is 2.47. The van der Waals surface area contributed by atoms with Crippen LogP contribution in [-0.2, 0) is 11.8 Å². The second-order valence-electron chi connectivity index (χ2n) is 8.69. The minimum absolute atomic E-state index is 0.126. The Hall–Kier alpha value is -2.24. The molecule has 0 fully saturated rings. The molecule has 2 heterocycles. The van der Waals surface area contributed by atoms with E-state index in [0.29, 0.717) is 17.1 Å². The lowest BCUT2D eigenvalue weighted by atomic mass is 9.88. The molecule has 0 saturated carbocycles. The van der Waals surface area contributed by atoms with E-state index in [4.69, 9.17) is 0 Å². The number of aryl methyl sites for hydroxylation is 1. The predicted molar refractivity (Wildman–Crippen MR) is 148 cm³/mol. The molecule has 0 radical (unpaired) electrons. The van der Waals surface area contributed by atoms with Gasteiger partial charge in [0.2, 0.25) is 5.52 Å². The maximum absolute atomic E-state index is 14.0. The molecule has 3 aromatic rings. The fourth-order valence-corrected chi connectivity index (χ4v) is 7.06. The van der Waals surface area contributed by atoms with E-state index in [2.05, 4.69) is 22.6 Å². The van der Waals surface area contributed by atoms with Gasteiger partial charge in [-0.25, -0.2) is 8.78 Å². The molecule has 0 unspecified atom stereocenters. The summed E-state index contributed by atoms with van der Waals surface area (Å²) in [4.78, 5) is 15.9. The van der Waals surface area contributed by atoms with Crippen molar-refractivity contribution in [2.45, 2.75) is 30.6 Å². The molecule has 1 aliphatic heterocycles. The van der Waals surface area contributed by atoms with Crippen molar-refractivity contribution in [3.8, 4) is 0 Å². The maximum Gasteiger partial charge on any atom is 0.263 e. The zero-order valence-electron chi connectivity index (χ0n) is 19.5. The highest BCUT2D eigenvalue weighted by molar-refractivity contribution is 14.1. The third-order valence-electron chi connectivity index (χ3n) is 6.30. The van der Waals surface area contributed by atoms with Gasteiger partial charge >= 0.3 is 0 Å². The molecule has 1 aromatic heterocycles. The van der Waals surface area contributed by atoms with Gasteiger partial charge in [0.25, 0.3) is 5.01 Å². The number of thiazole rings is 1. The lowest BCUT2D eigenvalue weighted by Gasteiger charge is -2.29. The highest BCUT2D eigenvalue weighted by Gasteiger charge is 2.31. The number of halogens is 3. The van der Waals surface area contributed by atoms with E-state index in [1.165, 1.54) is 53.8 Å². The Bertz CT molecular complexity index is 1460. The van der Waals surface area contributed by atoms with Crippen LogP contribution in [-0.4, -0.2) is 16.8 Å². The van der Waals surface area contributed by atoms with Gasteiger partial charge in [-0.05, 0) is 53.7 Å². The average molecular weight is 637 g/mol. The number of thioether (sulfide) groups is 1. The van der Waals surface area contributed by atoms with Crippen LogP contribution in [0, 0.1) is 11.6 Å². The smallest absolute Gasteiger partial charge is 0.263 e. The van der Waals surface area contributed by atoms with Gasteiger partial charge in [-0.1, -0.05) is 64.3 Å². The maximum atomic E-state index is 14.0. The number of carbonyl (C=O) groups is 1. The normalized spacial score (nSPS) is 17.6. The van der Waals surface area contributed by atoms with Gasteiger partial charge in [0.1, 0.15) is 23.4 Å². The van der Waals surface area contributed by atoms with Crippen molar-refractivity contribution in [3.05, 3.63) is 81.1 Å². The Morgan fingerprint density at radius 2 is 1.81 bits per heavy atom. The van der Waals surface area contributed by atoms with Gasteiger partial charge in [0.15, 0.2) is 5.78 Å². The summed E-state index contributed by atoms with van der Waals surface area (Å²) in [6, 6.07) is 9.21. The minimum atomic E-state index is -0.336. The first-order chi connectivity index (χ1) is 17.4. The van der Waals surface area contributed by atoms with Crippen LogP contribution in [0.5, 0.6) is 0 Å². The van der Waals surface area contributed by atoms with Gasteiger partial charge in [-0.3, -0.25) is 4.79 Å². The fourth-order valence-electron chi connectivity index (χ4n) is 4.34. The predicted octanol–water partition coefficient (Wildman–Crippen LogP) is 6.03. The Balaban J connectivity index is 1.43. The number of anilines is 1. The van der Waals surface area contributed by atoms with Crippen molar-refractivity contribution < 1.29 is 23.2 Å². The third-order valence-corrected chi connectivity index (χ3v) is 9.34. The zero-order chi connectivity index (χ0) is 25.4. The number of Topliss-reactive ketones (excluding diaryl/α,β-unsaturated/α-hetero) is 1. The SMILES string of the molecule is C[n+]1c(/C=C2/C(=O)C(/C=C3\Sc4ccc(F)cc4N3CCCCCCI)=C2[O-])sc2ccc(F)cc21. The molecule has 5 rings (SSSR count). The van der Waals surface area contributed by atoms with Crippen molar-refractivity contribution in [1.29, 1.82) is 0 Å². The summed E-state index contributed by atoms with van der Waals surface area (Å²) in [6.07, 6.45) is 7.56. The Morgan fingerprint density at radius 3 is 2.58 bits per heavy atom. The summed E-state index contributed by atoms with van der Waals surface area (Å²) < 4.78 is 31.4. The summed E-state index contributed by atoms with van der Waals surface area (Å²) in [6.45, 7) is 0.697. The number of hydrogen-bond donors (Lipinski definition) is 0. The monoisotopic (exact) mass is 636 g/mol. The molecule has 0 amide bonds. The quantitative estimate of drug-likeness (QED) is 0.0997. The largest absolute Gasteiger partial charge is 0.871 e. The van der Waals surface area contributed by atoms with E-state index in [1.54, 1.807) is 35.9 Å². The van der Waals surface area contributed by atoms with Crippen molar-refractivity contribution in [2.75, 3.05) is 15.9 Å². The molecule has 0 bridgehead atoms. The Kier molecular flexibility index (Phi) is 7.50. The Morgan fingerprint density at radius 1 is 1.06 bits per heavy atom. The van der Waals surface area contributed by atoms with Crippen molar-refractivity contribution in [2.24, 2.45) is 7.05 Å². The molecular weight excluding hydrogens is 613 g/mol. The minimum Gasteiger partial charge on any atom is -0.871 e. The van der Waals surface area contributed by atoms with E-state index in [0.717, 1.165) is 44.0 Å². The number of aromatic nitrogens is 1. The van der Waals surface area contributed by atoms with Crippen LogP contribution in [0.1, 0.15) is 30.7 Å². The number of allylic oxidation sites excluding steroid dienone is 3. The molecule has 0 N–H and O–H groups in total. The molecule has 0 atom stereocenters. The van der Waals surface area contributed by atoms with Crippen LogP contribution >= 0.6 is 45.7 Å². The van der Waals surface area contributed by atoms with E-state index >= 15 is 0 Å². The van der Waals surface area contributed by atoms with Crippen LogP contribution in [0.3, 0.4) is 0 Å². The molecule has 0 saturated heterocycles. The first kappa shape index (κ1) is 25.4. The van der Waals surface area contributed by atoms with Crippen molar-refractivity contribution >= 4 is 73.5 Å². The standard InChI is InChI=1S/C27H23F2IN2O2S2/c1-31-20-12-16(28)6-8-22(20)35-24(31)14-18-26(33)19(27(18)34)15-25-32(11-5-3-2-4-10-30)21-13-17(29)7-9-23(21)36-25/h6-9,12-15H,2-5,10-11H2,1H3. The molecule has 1 aliphatic carbocycles. The van der Waals surface area contributed by atoms with E-state index < -0.39 is 0 Å². The number of rotatable bonds is 8. The number of ketones is 1. The molecule has 186 valence electrons. The first-order valence-corrected chi connectivity index (χ1v) is 14.8. The second kappa shape index (κ2) is 10.6. The molecule has 9 heteroatoms. The average Bonchev–Trinajstić information content (AvgIpc) is 3.37. The number of nitrogens with zero attached hydrogens (tertiary/aromatic N) is 2. The third kappa shape index (κ3) is 4.84. The molecule has 2 aliphatic rings. The van der Waals surface area contributed by atoms with Gasteiger partial charge in [0.05, 0.1) is 10.7 Å². The van der Waals surface area contributed by atoms with Gasteiger partial charge in [-0.15, -0.1) is 0 Å². The number of carbonyl (C=O) groups excluding carboxylic acids is 1. The number of benzene rings is 2. The van der Waals surface area contributed by atoms with Crippen LogP contribution in [0.15, 0.2) is 69.3 Å². The lowest BCUT2D eigenvalue weighted by molar-refractivity contribution is -0.642. The summed E-state index contributed by atoms with van der Waals surface area (Å²) in [5.74, 6) is -1.25. The summed E-state index contributed by atoms with van der Waals surface area (Å²) in [5, 5.41) is 14.5. The number of fused-ring (bicyclic) bond motifs is 2. The number of unbranched alkanes of at least 4 members (excludes halogenated alkanes) is 3. The van der Waals surface area contributed by atoms with Gasteiger partial charge < -0.3 is 10.0 Å². The molecule has 2 aromatic carbocycles. The van der Waals surface area contributed by atoms with Gasteiger partial charge in [-0.2, -0.15) is 4.57 Å². The molecular formula is C27H23F2IN2O2S2. The Labute approximate surface area is 230 Å². The van der Waals surface area contributed by atoms with E-state index in [9.17, 15) is 18.7 Å². The molecule has 4 nitrogen and oxygen atoms in total. The second-order valence-corrected chi connectivity index (χ2v) is 11.9. The van der Waals surface area contributed by atoms with Crippen LogP contribution in [0.2, 0.25) is 0 Å².